The second kappa shape index (κ2) is 5.76. The molecule has 0 saturated heterocycles. The Morgan fingerprint density at radius 2 is 2.37 bits per heavy atom. The maximum Gasteiger partial charge on any atom is 0.326 e. The van der Waals surface area contributed by atoms with E-state index in [1.54, 1.807) is 0 Å². The number of nitrogens with zero attached hydrogens (tertiary/aromatic N) is 4. The number of carbonyl (C=O) groups excluding carboxylic acids is 1. The van der Waals surface area contributed by atoms with E-state index in [1.165, 1.54) is 29.6 Å². The predicted octanol–water partition coefficient (Wildman–Crippen LogP) is -1.19. The molecule has 9 nitrogen and oxygen atoms in total. The van der Waals surface area contributed by atoms with Crippen LogP contribution >= 0.6 is 0 Å². The molecule has 1 atom stereocenters. The molecule has 19 heavy (non-hydrogen) atoms. The highest BCUT2D eigenvalue weighted by Crippen LogP contribution is 1.99. The maximum atomic E-state index is 11.7. The van der Waals surface area contributed by atoms with E-state index in [0.29, 0.717) is 5.69 Å². The van der Waals surface area contributed by atoms with Crippen molar-refractivity contribution in [3.8, 4) is 0 Å². The van der Waals surface area contributed by atoms with Crippen LogP contribution in [0.5, 0.6) is 0 Å². The van der Waals surface area contributed by atoms with Crippen LogP contribution in [-0.2, 0) is 22.6 Å². The summed E-state index contributed by atoms with van der Waals surface area (Å²) in [6.45, 7) is -0.0766. The third-order valence-electron chi connectivity index (χ3n) is 2.39. The quantitative estimate of drug-likeness (QED) is 0.602. The van der Waals surface area contributed by atoms with Gasteiger partial charge in [-0.2, -0.15) is 0 Å². The first kappa shape index (κ1) is 12.7. The molecule has 0 spiro atoms. The van der Waals surface area contributed by atoms with Gasteiger partial charge in [-0.25, -0.2) is 14.5 Å². The lowest BCUT2D eigenvalue weighted by molar-refractivity contribution is -0.141. The number of hydrogen-bond donors (Lipinski definition) is 3. The topological polar surface area (TPSA) is 126 Å². The number of carboxylic acid groups (broad SMARTS) is 1. The minimum Gasteiger partial charge on any atom is -0.480 e. The minimum atomic E-state index is -1.11. The lowest BCUT2D eigenvalue weighted by Crippen LogP contribution is -2.43. The highest BCUT2D eigenvalue weighted by Gasteiger charge is 2.21. The molecule has 2 aromatic heterocycles. The van der Waals surface area contributed by atoms with Gasteiger partial charge in [0.25, 0.3) is 0 Å². The molecule has 2 rings (SSSR count). The Balaban J connectivity index is 1.93. The summed E-state index contributed by atoms with van der Waals surface area (Å²) in [6.07, 6.45) is 6.06. The molecular weight excluding hydrogens is 252 g/mol. The highest BCUT2D eigenvalue weighted by atomic mass is 16.4. The van der Waals surface area contributed by atoms with Crippen LogP contribution < -0.4 is 5.32 Å². The first-order valence-corrected chi connectivity index (χ1v) is 5.48. The lowest BCUT2D eigenvalue weighted by Gasteiger charge is -2.13. The molecule has 1 unspecified atom stereocenters. The molecule has 9 heteroatoms. The molecule has 3 N–H and O–H groups in total. The lowest BCUT2D eigenvalue weighted by atomic mass is 10.1. The Morgan fingerprint density at radius 1 is 1.53 bits per heavy atom. The van der Waals surface area contributed by atoms with E-state index in [1.807, 2.05) is 0 Å². The van der Waals surface area contributed by atoms with Crippen molar-refractivity contribution in [2.45, 2.75) is 19.0 Å². The number of carboxylic acids is 1. The molecule has 2 aromatic rings. The standard InChI is InChI=1S/C10H12N6O3/c17-9(5-16-2-1-13-15-16)14-8(10(18)19)3-7-4-11-6-12-7/h1-2,4,6,8H,3,5H2,(H,11,12)(H,14,17)(H,18,19). The van der Waals surface area contributed by atoms with Gasteiger partial charge in [-0.15, -0.1) is 5.10 Å². The van der Waals surface area contributed by atoms with E-state index in [4.69, 9.17) is 5.11 Å². The van der Waals surface area contributed by atoms with Crippen molar-refractivity contribution in [1.82, 2.24) is 30.3 Å². The van der Waals surface area contributed by atoms with Crippen LogP contribution in [0.1, 0.15) is 5.69 Å². The normalized spacial score (nSPS) is 12.0. The predicted molar refractivity (Wildman–Crippen MR) is 61.9 cm³/mol. The molecule has 1 amide bonds. The summed E-state index contributed by atoms with van der Waals surface area (Å²) < 4.78 is 1.31. The summed E-state index contributed by atoms with van der Waals surface area (Å²) in [6, 6.07) is -1.02. The van der Waals surface area contributed by atoms with Gasteiger partial charge in [0.2, 0.25) is 5.91 Å². The fraction of sp³-hybridized carbons (Fsp3) is 0.300. The van der Waals surface area contributed by atoms with Crippen LogP contribution in [0.25, 0.3) is 0 Å². The summed E-state index contributed by atoms with van der Waals surface area (Å²) >= 11 is 0. The van der Waals surface area contributed by atoms with Crippen LogP contribution in [0, 0.1) is 0 Å². The van der Waals surface area contributed by atoms with Crippen molar-refractivity contribution >= 4 is 11.9 Å². The van der Waals surface area contributed by atoms with Gasteiger partial charge < -0.3 is 15.4 Å². The first-order valence-electron chi connectivity index (χ1n) is 5.48. The van der Waals surface area contributed by atoms with Crippen molar-refractivity contribution in [3.63, 3.8) is 0 Å². The zero-order valence-electron chi connectivity index (χ0n) is 9.85. The fourth-order valence-electron chi connectivity index (χ4n) is 1.52. The summed E-state index contributed by atoms with van der Waals surface area (Å²) in [7, 11) is 0. The number of nitrogens with one attached hydrogen (secondary N) is 2. The molecule has 0 aliphatic carbocycles. The van der Waals surface area contributed by atoms with Crippen molar-refractivity contribution in [2.75, 3.05) is 0 Å². The molecule has 0 saturated carbocycles. The average Bonchev–Trinajstić information content (AvgIpc) is 3.00. The number of aliphatic carboxylic acids is 1. The third-order valence-corrected chi connectivity index (χ3v) is 2.39. The number of carbonyl (C=O) groups is 2. The second-order valence-corrected chi connectivity index (χ2v) is 3.84. The van der Waals surface area contributed by atoms with Crippen LogP contribution in [0.2, 0.25) is 0 Å². The van der Waals surface area contributed by atoms with E-state index in [-0.39, 0.29) is 13.0 Å². The molecule has 0 bridgehead atoms. The third kappa shape index (κ3) is 3.63. The Bertz CT molecular complexity index is 536. The van der Waals surface area contributed by atoms with Gasteiger partial charge in [0, 0.05) is 24.5 Å². The van der Waals surface area contributed by atoms with Crippen LogP contribution in [0.3, 0.4) is 0 Å². The minimum absolute atomic E-state index is 0.0766. The summed E-state index contributed by atoms with van der Waals surface area (Å²) in [5.74, 6) is -1.56. The monoisotopic (exact) mass is 264 g/mol. The van der Waals surface area contributed by atoms with Crippen LogP contribution in [0.4, 0.5) is 0 Å². The van der Waals surface area contributed by atoms with E-state index in [9.17, 15) is 9.59 Å². The Morgan fingerprint density at radius 3 is 2.95 bits per heavy atom. The number of H-pyrrole nitrogens is 1. The van der Waals surface area contributed by atoms with Crippen molar-refractivity contribution < 1.29 is 14.7 Å². The van der Waals surface area contributed by atoms with Crippen LogP contribution in [0.15, 0.2) is 24.9 Å². The Hall–Kier alpha value is -2.71. The van der Waals surface area contributed by atoms with Gasteiger partial charge in [0.1, 0.15) is 12.6 Å². The van der Waals surface area contributed by atoms with Gasteiger partial charge in [0.05, 0.1) is 12.5 Å². The van der Waals surface area contributed by atoms with Gasteiger partial charge in [-0.05, 0) is 0 Å². The molecule has 0 radical (unpaired) electrons. The van der Waals surface area contributed by atoms with Crippen LogP contribution in [-0.4, -0.2) is 48.0 Å². The number of aromatic nitrogens is 5. The first-order chi connectivity index (χ1) is 9.15. The SMILES string of the molecule is O=C(Cn1ccnn1)NC(Cc1cnc[nH]1)C(=O)O. The van der Waals surface area contributed by atoms with Gasteiger partial charge in [-0.3, -0.25) is 4.79 Å². The summed E-state index contributed by atoms with van der Waals surface area (Å²) in [5, 5.41) is 18.7. The molecular formula is C10H12N6O3. The molecule has 0 fully saturated rings. The Kier molecular flexibility index (Phi) is 3.86. The number of aromatic amines is 1. The van der Waals surface area contributed by atoms with Crippen molar-refractivity contribution in [1.29, 1.82) is 0 Å². The second-order valence-electron chi connectivity index (χ2n) is 3.84. The summed E-state index contributed by atoms with van der Waals surface area (Å²) in [5.41, 5.74) is 0.633. The van der Waals surface area contributed by atoms with Gasteiger partial charge in [0.15, 0.2) is 0 Å². The van der Waals surface area contributed by atoms with Crippen molar-refractivity contribution in [2.24, 2.45) is 0 Å². The molecule has 0 aliphatic rings. The van der Waals surface area contributed by atoms with Gasteiger partial charge >= 0.3 is 5.97 Å². The zero-order valence-corrected chi connectivity index (χ0v) is 9.85. The number of rotatable bonds is 6. The largest absolute Gasteiger partial charge is 0.480 e. The number of imidazole rings is 1. The zero-order chi connectivity index (χ0) is 13.7. The van der Waals surface area contributed by atoms with Crippen molar-refractivity contribution in [3.05, 3.63) is 30.6 Å². The average molecular weight is 264 g/mol. The summed E-state index contributed by atoms with van der Waals surface area (Å²) in [4.78, 5) is 29.3. The number of amides is 1. The van der Waals surface area contributed by atoms with E-state index >= 15 is 0 Å². The Labute approximate surface area is 107 Å². The van der Waals surface area contributed by atoms with E-state index in [2.05, 4.69) is 25.6 Å². The molecule has 100 valence electrons. The van der Waals surface area contributed by atoms with E-state index < -0.39 is 17.9 Å². The van der Waals surface area contributed by atoms with E-state index in [0.717, 1.165) is 0 Å². The molecule has 0 aromatic carbocycles. The van der Waals surface area contributed by atoms with Gasteiger partial charge in [-0.1, -0.05) is 5.21 Å². The molecule has 0 aliphatic heterocycles. The number of hydrogen-bond acceptors (Lipinski definition) is 5. The fourth-order valence-corrected chi connectivity index (χ4v) is 1.52. The molecule has 2 heterocycles. The smallest absolute Gasteiger partial charge is 0.326 e. The maximum absolute atomic E-state index is 11.7. The highest BCUT2D eigenvalue weighted by molar-refractivity contribution is 5.83.